The molecule has 5 heteroatoms. The van der Waals surface area contributed by atoms with E-state index in [0.717, 1.165) is 30.2 Å². The second-order valence-corrected chi connectivity index (χ2v) is 4.41. The summed E-state index contributed by atoms with van der Waals surface area (Å²) in [6, 6.07) is 9.81. The molecule has 0 N–H and O–H groups in total. The van der Waals surface area contributed by atoms with Gasteiger partial charge in [0.2, 0.25) is 6.41 Å². The molecule has 1 aliphatic rings. The topological polar surface area (TPSA) is 51.0 Å². The van der Waals surface area contributed by atoms with Crippen LogP contribution in [0.4, 0.5) is 0 Å². The molecule has 0 bridgehead atoms. The predicted octanol–water partition coefficient (Wildman–Crippen LogP) is 1.15. The van der Waals surface area contributed by atoms with Crippen molar-refractivity contribution in [2.24, 2.45) is 0 Å². The van der Waals surface area contributed by atoms with Gasteiger partial charge in [0.05, 0.1) is 0 Å². The second-order valence-electron chi connectivity index (χ2n) is 4.41. The van der Waals surface area contributed by atoms with Crippen LogP contribution in [0.5, 0.6) is 0 Å². The summed E-state index contributed by atoms with van der Waals surface area (Å²) in [5, 5.41) is 8.34. The number of fused-ring (bicyclic) bond motifs is 1. The molecule has 1 unspecified atom stereocenters. The third-order valence-electron chi connectivity index (χ3n) is 3.37. The number of rotatable bonds is 2. The first-order valence-electron chi connectivity index (χ1n) is 5.97. The van der Waals surface area contributed by atoms with E-state index in [0.29, 0.717) is 6.54 Å². The maximum Gasteiger partial charge on any atom is 0.210 e. The minimum absolute atomic E-state index is 0.126. The number of hydrogen-bond donors (Lipinski definition) is 0. The highest BCUT2D eigenvalue weighted by molar-refractivity contribution is 5.50. The number of benzene rings is 1. The van der Waals surface area contributed by atoms with Crippen molar-refractivity contribution in [3.8, 4) is 0 Å². The van der Waals surface area contributed by atoms with E-state index in [2.05, 4.69) is 14.8 Å². The lowest BCUT2D eigenvalue weighted by atomic mass is 10.0. The molecule has 3 rings (SSSR count). The van der Waals surface area contributed by atoms with Crippen LogP contribution in [0.2, 0.25) is 0 Å². The van der Waals surface area contributed by atoms with Gasteiger partial charge in [0.1, 0.15) is 11.9 Å². The zero-order valence-electron chi connectivity index (χ0n) is 10.2. The van der Waals surface area contributed by atoms with Crippen LogP contribution in [-0.2, 0) is 11.3 Å². The molecule has 0 aliphatic carbocycles. The standard InChI is InChI=1S/C13H14N4O/c1-10-14-15-13-12(11-5-3-2-4-6-11)16(9-18)7-8-17(10)13/h2-6,9,12H,7-8H2,1H3. The molecule has 1 atom stereocenters. The Morgan fingerprint density at radius 1 is 1.22 bits per heavy atom. The Kier molecular flexibility index (Phi) is 2.59. The second kappa shape index (κ2) is 4.25. The zero-order chi connectivity index (χ0) is 12.5. The van der Waals surface area contributed by atoms with E-state index < -0.39 is 0 Å². The van der Waals surface area contributed by atoms with E-state index in [9.17, 15) is 4.79 Å². The van der Waals surface area contributed by atoms with Crippen molar-refractivity contribution < 1.29 is 4.79 Å². The van der Waals surface area contributed by atoms with Crippen LogP contribution >= 0.6 is 0 Å². The summed E-state index contributed by atoms with van der Waals surface area (Å²) in [4.78, 5) is 13.0. The molecule has 2 aromatic rings. The quantitative estimate of drug-likeness (QED) is 0.742. The lowest BCUT2D eigenvalue weighted by Crippen LogP contribution is -2.38. The third kappa shape index (κ3) is 1.59. The first-order chi connectivity index (χ1) is 8.81. The van der Waals surface area contributed by atoms with Crippen LogP contribution in [0.25, 0.3) is 0 Å². The number of carbonyl (C=O) groups excluding carboxylic acids is 1. The zero-order valence-corrected chi connectivity index (χ0v) is 10.2. The fourth-order valence-corrected chi connectivity index (χ4v) is 2.46. The Labute approximate surface area is 105 Å². The molecule has 0 saturated heterocycles. The van der Waals surface area contributed by atoms with E-state index >= 15 is 0 Å². The van der Waals surface area contributed by atoms with Crippen molar-refractivity contribution in [2.75, 3.05) is 6.54 Å². The maximum atomic E-state index is 11.2. The van der Waals surface area contributed by atoms with E-state index in [-0.39, 0.29) is 6.04 Å². The molecule has 1 aromatic heterocycles. The fourth-order valence-electron chi connectivity index (χ4n) is 2.46. The molecule has 1 aliphatic heterocycles. The van der Waals surface area contributed by atoms with Crippen molar-refractivity contribution in [2.45, 2.75) is 19.5 Å². The molecule has 0 spiro atoms. The Morgan fingerprint density at radius 3 is 2.72 bits per heavy atom. The molecule has 18 heavy (non-hydrogen) atoms. The molecule has 2 heterocycles. The van der Waals surface area contributed by atoms with Gasteiger partial charge in [0, 0.05) is 13.1 Å². The van der Waals surface area contributed by atoms with Crippen molar-refractivity contribution in [1.82, 2.24) is 19.7 Å². The summed E-state index contributed by atoms with van der Waals surface area (Å²) in [5.74, 6) is 1.74. The van der Waals surface area contributed by atoms with E-state index in [1.54, 1.807) is 4.90 Å². The Balaban J connectivity index is 2.12. The maximum absolute atomic E-state index is 11.2. The summed E-state index contributed by atoms with van der Waals surface area (Å²) < 4.78 is 2.08. The number of aryl methyl sites for hydroxylation is 1. The average molecular weight is 242 g/mol. The number of nitrogens with zero attached hydrogens (tertiary/aromatic N) is 4. The molecule has 5 nitrogen and oxygen atoms in total. The first-order valence-corrected chi connectivity index (χ1v) is 5.97. The van der Waals surface area contributed by atoms with Crippen LogP contribution in [0.15, 0.2) is 30.3 Å². The van der Waals surface area contributed by atoms with Gasteiger partial charge in [-0.3, -0.25) is 4.79 Å². The summed E-state index contributed by atoms with van der Waals surface area (Å²) in [5.41, 5.74) is 1.07. The smallest absolute Gasteiger partial charge is 0.210 e. The van der Waals surface area contributed by atoms with Gasteiger partial charge in [-0.05, 0) is 12.5 Å². The number of hydrogen-bond acceptors (Lipinski definition) is 3. The van der Waals surface area contributed by atoms with Crippen molar-refractivity contribution in [3.05, 3.63) is 47.5 Å². The highest BCUT2D eigenvalue weighted by Crippen LogP contribution is 2.29. The number of carbonyl (C=O) groups is 1. The summed E-state index contributed by atoms with van der Waals surface area (Å²) >= 11 is 0. The summed E-state index contributed by atoms with van der Waals surface area (Å²) in [6.45, 7) is 3.39. The van der Waals surface area contributed by atoms with Gasteiger partial charge in [-0.15, -0.1) is 10.2 Å². The van der Waals surface area contributed by atoms with Crippen LogP contribution in [0.3, 0.4) is 0 Å². The van der Waals surface area contributed by atoms with Gasteiger partial charge < -0.3 is 9.47 Å². The van der Waals surface area contributed by atoms with Gasteiger partial charge in [0.15, 0.2) is 5.82 Å². The Hall–Kier alpha value is -2.17. The monoisotopic (exact) mass is 242 g/mol. The van der Waals surface area contributed by atoms with Crippen molar-refractivity contribution in [1.29, 1.82) is 0 Å². The van der Waals surface area contributed by atoms with E-state index in [4.69, 9.17) is 0 Å². The summed E-state index contributed by atoms with van der Waals surface area (Å²) in [7, 11) is 0. The van der Waals surface area contributed by atoms with Gasteiger partial charge in [-0.1, -0.05) is 30.3 Å². The van der Waals surface area contributed by atoms with Crippen LogP contribution < -0.4 is 0 Å². The van der Waals surface area contributed by atoms with E-state index in [1.807, 2.05) is 37.3 Å². The molecule has 0 fully saturated rings. The largest absolute Gasteiger partial charge is 0.329 e. The van der Waals surface area contributed by atoms with Gasteiger partial charge in [-0.25, -0.2) is 0 Å². The molecule has 1 aromatic carbocycles. The number of aromatic nitrogens is 3. The Bertz CT molecular complexity index is 564. The molecule has 0 radical (unpaired) electrons. The molecular weight excluding hydrogens is 228 g/mol. The lowest BCUT2D eigenvalue weighted by Gasteiger charge is -2.33. The molecule has 92 valence electrons. The van der Waals surface area contributed by atoms with Crippen molar-refractivity contribution in [3.63, 3.8) is 0 Å². The van der Waals surface area contributed by atoms with Crippen LogP contribution in [-0.4, -0.2) is 32.6 Å². The highest BCUT2D eigenvalue weighted by atomic mass is 16.1. The SMILES string of the molecule is Cc1nnc2n1CCN(C=O)C2c1ccccc1. The molecule has 1 amide bonds. The highest BCUT2D eigenvalue weighted by Gasteiger charge is 2.30. The normalized spacial score (nSPS) is 18.5. The van der Waals surface area contributed by atoms with E-state index in [1.165, 1.54) is 0 Å². The van der Waals surface area contributed by atoms with Crippen LogP contribution in [0.1, 0.15) is 23.3 Å². The summed E-state index contributed by atoms with van der Waals surface area (Å²) in [6.07, 6.45) is 0.894. The molecular formula is C13H14N4O. The van der Waals surface area contributed by atoms with Crippen molar-refractivity contribution >= 4 is 6.41 Å². The minimum atomic E-state index is -0.126. The fraction of sp³-hybridized carbons (Fsp3) is 0.308. The van der Waals surface area contributed by atoms with Crippen LogP contribution in [0, 0.1) is 6.92 Å². The first kappa shape index (κ1) is 11.0. The predicted molar refractivity (Wildman–Crippen MR) is 65.8 cm³/mol. The average Bonchev–Trinajstić information content (AvgIpc) is 2.80. The third-order valence-corrected chi connectivity index (χ3v) is 3.37. The Morgan fingerprint density at radius 2 is 2.00 bits per heavy atom. The molecule has 0 saturated carbocycles. The number of amides is 1. The minimum Gasteiger partial charge on any atom is -0.329 e. The van der Waals surface area contributed by atoms with Gasteiger partial charge >= 0.3 is 0 Å². The van der Waals surface area contributed by atoms with Gasteiger partial charge in [-0.2, -0.15) is 0 Å². The van der Waals surface area contributed by atoms with Gasteiger partial charge in [0.25, 0.3) is 0 Å². The lowest BCUT2D eigenvalue weighted by molar-refractivity contribution is -0.120.